The van der Waals surface area contributed by atoms with E-state index in [-0.39, 0.29) is 18.8 Å². The molecule has 3 atom stereocenters. The number of alkyl halides is 1. The van der Waals surface area contributed by atoms with E-state index in [1.165, 1.54) is 10.7 Å². The van der Waals surface area contributed by atoms with E-state index in [0.717, 1.165) is 23.6 Å². The molecule has 3 aromatic rings. The number of nitrogens with zero attached hydrogens (tertiary/aromatic N) is 6. The summed E-state index contributed by atoms with van der Waals surface area (Å²) in [6.45, 7) is 10.8. The Morgan fingerprint density at radius 2 is 2.08 bits per heavy atom. The number of pyridine rings is 1. The summed E-state index contributed by atoms with van der Waals surface area (Å²) in [7, 11) is 0. The number of hydrogen-bond donors (Lipinski definition) is 1. The van der Waals surface area contributed by atoms with Crippen LogP contribution in [0.2, 0.25) is 0 Å². The molecule has 3 aliphatic heterocycles. The van der Waals surface area contributed by atoms with Crippen molar-refractivity contribution in [2.45, 2.75) is 57.8 Å². The lowest BCUT2D eigenvalue weighted by atomic mass is 9.89. The third kappa shape index (κ3) is 3.78. The monoisotopic (exact) mass is 497 g/mol. The molecule has 2 fully saturated rings. The minimum Gasteiger partial charge on any atom is -0.377 e. The van der Waals surface area contributed by atoms with Gasteiger partial charge in [-0.1, -0.05) is 13.8 Å². The maximum absolute atomic E-state index is 15.2. The van der Waals surface area contributed by atoms with Crippen LogP contribution >= 0.6 is 0 Å². The van der Waals surface area contributed by atoms with Gasteiger partial charge in [-0.2, -0.15) is 0 Å². The summed E-state index contributed by atoms with van der Waals surface area (Å²) in [6.07, 6.45) is 2.45. The van der Waals surface area contributed by atoms with Crippen molar-refractivity contribution in [3.63, 3.8) is 0 Å². The molecular formula is C26H33F2N7O. The van der Waals surface area contributed by atoms with Gasteiger partial charge in [-0.05, 0) is 38.3 Å². The van der Waals surface area contributed by atoms with E-state index in [1.54, 1.807) is 12.3 Å². The molecule has 6 heterocycles. The number of nitrogens with one attached hydrogen (secondary N) is 1. The zero-order valence-electron chi connectivity index (χ0n) is 21.0. The average molecular weight is 498 g/mol. The maximum atomic E-state index is 15.2. The summed E-state index contributed by atoms with van der Waals surface area (Å²) < 4.78 is 37.0. The van der Waals surface area contributed by atoms with E-state index < -0.39 is 18.0 Å². The first-order valence-corrected chi connectivity index (χ1v) is 12.6. The fourth-order valence-corrected chi connectivity index (χ4v) is 5.74. The second-order valence-electron chi connectivity index (χ2n) is 10.8. The van der Waals surface area contributed by atoms with Crippen LogP contribution in [0.25, 0.3) is 16.8 Å². The van der Waals surface area contributed by atoms with Crippen molar-refractivity contribution in [3.05, 3.63) is 36.0 Å². The molecule has 0 saturated carbocycles. The molecule has 0 spiro atoms. The first-order valence-electron chi connectivity index (χ1n) is 12.6. The van der Waals surface area contributed by atoms with Crippen LogP contribution in [0.3, 0.4) is 0 Å². The second kappa shape index (κ2) is 8.55. The number of piperidine rings is 1. The Balaban J connectivity index is 0.00000280. The molecule has 0 amide bonds. The zero-order valence-corrected chi connectivity index (χ0v) is 21.0. The minimum atomic E-state index is -1.07. The zero-order chi connectivity index (χ0) is 25.2. The highest BCUT2D eigenvalue weighted by atomic mass is 19.1. The topological polar surface area (TPSA) is 79.9 Å². The highest BCUT2D eigenvalue weighted by Crippen LogP contribution is 2.40. The summed E-state index contributed by atoms with van der Waals surface area (Å²) in [4.78, 5) is 16.0. The number of hydrogen-bond acceptors (Lipinski definition) is 7. The predicted molar refractivity (Wildman–Crippen MR) is 136 cm³/mol. The quantitative estimate of drug-likeness (QED) is 0.554. The third-order valence-electron chi connectivity index (χ3n) is 7.80. The molecule has 0 aliphatic carbocycles. The molecule has 36 heavy (non-hydrogen) atoms. The minimum absolute atomic E-state index is 0. The molecule has 192 valence electrons. The molecule has 1 unspecified atom stereocenters. The molecule has 6 rings (SSSR count). The van der Waals surface area contributed by atoms with Crippen molar-refractivity contribution in [1.29, 1.82) is 0 Å². The van der Waals surface area contributed by atoms with Gasteiger partial charge in [0.2, 0.25) is 5.95 Å². The lowest BCUT2D eigenvalue weighted by molar-refractivity contribution is -0.142. The predicted octanol–water partition coefficient (Wildman–Crippen LogP) is 4.64. The Labute approximate surface area is 210 Å². The molecule has 1 N–H and O–H groups in total. The van der Waals surface area contributed by atoms with Crippen molar-refractivity contribution in [2.75, 3.05) is 31.6 Å². The summed E-state index contributed by atoms with van der Waals surface area (Å²) in [6, 6.07) is 3.28. The van der Waals surface area contributed by atoms with Gasteiger partial charge in [-0.25, -0.2) is 23.3 Å². The first kappa shape index (κ1) is 23.4. The number of aliphatic imine (C=N–C) groups is 1. The van der Waals surface area contributed by atoms with Crippen LogP contribution < -0.4 is 5.32 Å². The average Bonchev–Trinajstić information content (AvgIpc) is 3.32. The van der Waals surface area contributed by atoms with Gasteiger partial charge in [0, 0.05) is 26.1 Å². The standard InChI is InChI=1S/C26H31F2N7O.H2/c1-14(2)22-15(3)30-20-6-5-19(31-24(20)22)23-17(28)11-35-21(23)9-29-25(33-35)32-18-7-8-34(10-16(18)27)26(4)12-36-13-26;/h5-6,9,11,14,16,18,22H,7-8,10,12-13H2,1-4H3,(H,32,33);1H/t16-,18+,22?;/m1./s1. The van der Waals surface area contributed by atoms with Gasteiger partial charge < -0.3 is 10.1 Å². The number of fused-ring (bicyclic) bond motifs is 2. The molecular weight excluding hydrogens is 464 g/mol. The van der Waals surface area contributed by atoms with Crippen molar-refractivity contribution in [3.8, 4) is 11.3 Å². The van der Waals surface area contributed by atoms with E-state index in [0.29, 0.717) is 48.9 Å². The van der Waals surface area contributed by atoms with E-state index >= 15 is 8.78 Å². The molecule has 3 aromatic heterocycles. The molecule has 0 bridgehead atoms. The van der Waals surface area contributed by atoms with Crippen LogP contribution in [0.5, 0.6) is 0 Å². The summed E-state index contributed by atoms with van der Waals surface area (Å²) in [5.74, 6) is 0.289. The highest BCUT2D eigenvalue weighted by molar-refractivity contribution is 5.96. The Morgan fingerprint density at radius 3 is 2.78 bits per heavy atom. The number of halogens is 2. The van der Waals surface area contributed by atoms with Crippen molar-refractivity contribution >= 4 is 22.9 Å². The number of ether oxygens (including phenoxy) is 1. The summed E-state index contributed by atoms with van der Waals surface area (Å²) in [5, 5.41) is 7.56. The van der Waals surface area contributed by atoms with Gasteiger partial charge >= 0.3 is 0 Å². The Morgan fingerprint density at radius 1 is 1.28 bits per heavy atom. The summed E-state index contributed by atoms with van der Waals surface area (Å²) in [5.41, 5.74) is 4.05. The number of likely N-dealkylation sites (tertiary alicyclic amines) is 1. The molecule has 0 radical (unpaired) electrons. The molecule has 0 aromatic carbocycles. The van der Waals surface area contributed by atoms with Crippen LogP contribution in [0.4, 0.5) is 20.4 Å². The smallest absolute Gasteiger partial charge is 0.241 e. The fraction of sp³-hybridized carbons (Fsp3) is 0.538. The Hall–Kier alpha value is -2.98. The largest absolute Gasteiger partial charge is 0.377 e. The lowest BCUT2D eigenvalue weighted by Gasteiger charge is -2.50. The summed E-state index contributed by atoms with van der Waals surface area (Å²) >= 11 is 0. The molecule has 8 nitrogen and oxygen atoms in total. The van der Waals surface area contributed by atoms with Gasteiger partial charge in [0.1, 0.15) is 6.17 Å². The molecule has 10 heteroatoms. The number of rotatable bonds is 5. The van der Waals surface area contributed by atoms with Crippen molar-refractivity contribution in [2.24, 2.45) is 10.9 Å². The number of aromatic nitrogens is 4. The Kier molecular flexibility index (Phi) is 5.56. The lowest BCUT2D eigenvalue weighted by Crippen LogP contribution is -2.64. The van der Waals surface area contributed by atoms with Gasteiger partial charge in [0.15, 0.2) is 5.82 Å². The Bertz CT molecular complexity index is 1360. The molecule has 3 aliphatic rings. The van der Waals surface area contributed by atoms with Crippen LogP contribution in [-0.2, 0) is 4.74 Å². The second-order valence-corrected chi connectivity index (χ2v) is 10.8. The van der Waals surface area contributed by atoms with Crippen LogP contribution in [-0.4, -0.2) is 74.2 Å². The van der Waals surface area contributed by atoms with Crippen molar-refractivity contribution in [1.82, 2.24) is 24.5 Å². The van der Waals surface area contributed by atoms with E-state index in [4.69, 9.17) is 9.72 Å². The SMILES string of the molecule is CC1=Nc2ccc(-c3c(F)cn4nc(N[C@H]5CCN(C6(C)COC6)C[C@H]5F)ncc34)nc2C1C(C)C.[HH]. The van der Waals surface area contributed by atoms with Gasteiger partial charge in [0.05, 0.1) is 65.3 Å². The van der Waals surface area contributed by atoms with E-state index in [9.17, 15) is 0 Å². The van der Waals surface area contributed by atoms with Crippen LogP contribution in [0, 0.1) is 11.7 Å². The van der Waals surface area contributed by atoms with E-state index in [2.05, 4.69) is 46.1 Å². The van der Waals surface area contributed by atoms with Gasteiger partial charge in [0.25, 0.3) is 0 Å². The maximum Gasteiger partial charge on any atom is 0.241 e. The molecule has 2 saturated heterocycles. The number of anilines is 1. The van der Waals surface area contributed by atoms with Gasteiger partial charge in [-0.3, -0.25) is 9.89 Å². The van der Waals surface area contributed by atoms with E-state index in [1.807, 2.05) is 13.0 Å². The third-order valence-corrected chi connectivity index (χ3v) is 7.80. The van der Waals surface area contributed by atoms with Crippen molar-refractivity contribution < 1.29 is 14.9 Å². The van der Waals surface area contributed by atoms with Gasteiger partial charge in [-0.15, -0.1) is 5.10 Å². The first-order chi connectivity index (χ1) is 17.2. The van der Waals surface area contributed by atoms with Crippen LogP contribution in [0.15, 0.2) is 29.5 Å². The highest BCUT2D eigenvalue weighted by Gasteiger charge is 2.43. The van der Waals surface area contributed by atoms with Crippen LogP contribution in [0.1, 0.15) is 47.2 Å². The normalized spacial score (nSPS) is 25.6. The fourth-order valence-electron chi connectivity index (χ4n) is 5.74.